The fourth-order valence-electron chi connectivity index (χ4n) is 5.95. The number of ether oxygens (including phenoxy) is 3. The Morgan fingerprint density at radius 3 is 2.00 bits per heavy atom. The van der Waals surface area contributed by atoms with Gasteiger partial charge in [0.25, 0.3) is 0 Å². The van der Waals surface area contributed by atoms with Gasteiger partial charge < -0.3 is 19.5 Å². The summed E-state index contributed by atoms with van der Waals surface area (Å²) in [6, 6.07) is 37.4. The van der Waals surface area contributed by atoms with E-state index in [0.29, 0.717) is 23.5 Å². The molecule has 6 aromatic rings. The van der Waals surface area contributed by atoms with Crippen LogP contribution < -0.4 is 10.1 Å². The molecule has 1 amide bonds. The molecule has 0 aliphatic carbocycles. The number of fused-ring (bicyclic) bond motifs is 1. The highest BCUT2D eigenvalue weighted by Crippen LogP contribution is 2.40. The van der Waals surface area contributed by atoms with Crippen molar-refractivity contribution < 1.29 is 23.4 Å². The van der Waals surface area contributed by atoms with Crippen molar-refractivity contribution in [2.24, 2.45) is 0 Å². The molecule has 2 aromatic heterocycles. The first-order chi connectivity index (χ1) is 24.1. The molecular formula is C41H41FN4O4. The number of hydrogen-bond acceptors (Lipinski definition) is 6. The third-order valence-electron chi connectivity index (χ3n) is 8.27. The van der Waals surface area contributed by atoms with Gasteiger partial charge in [0.1, 0.15) is 29.9 Å². The largest absolute Gasteiger partial charge is 0.489 e. The predicted octanol–water partition coefficient (Wildman–Crippen LogP) is 8.46. The number of hydrogen-bond donors (Lipinski definition) is 1. The minimum atomic E-state index is -1.43. The fraction of sp³-hybridized carbons (Fsp3) is 0.244. The molecule has 0 spiro atoms. The zero-order valence-corrected chi connectivity index (χ0v) is 28.7. The number of benzene rings is 4. The highest BCUT2D eigenvalue weighted by atomic mass is 19.1. The number of nitrogens with zero attached hydrogens (tertiary/aromatic N) is 3. The van der Waals surface area contributed by atoms with Crippen molar-refractivity contribution >= 4 is 11.6 Å². The molecule has 6 rings (SSSR count). The van der Waals surface area contributed by atoms with Crippen LogP contribution in [-0.4, -0.2) is 45.7 Å². The summed E-state index contributed by atoms with van der Waals surface area (Å²) in [5.74, 6) is 0.463. The maximum absolute atomic E-state index is 15.7. The maximum atomic E-state index is 15.7. The number of carbonyl (C=O) groups is 1. The van der Waals surface area contributed by atoms with Gasteiger partial charge in [-0.1, -0.05) is 103 Å². The highest BCUT2D eigenvalue weighted by molar-refractivity contribution is 5.78. The van der Waals surface area contributed by atoms with Gasteiger partial charge in [-0.05, 0) is 61.6 Å². The van der Waals surface area contributed by atoms with Crippen LogP contribution in [0.4, 0.5) is 9.18 Å². The van der Waals surface area contributed by atoms with Crippen LogP contribution in [0.15, 0.2) is 128 Å². The van der Waals surface area contributed by atoms with Gasteiger partial charge in [0.05, 0.1) is 24.0 Å². The van der Waals surface area contributed by atoms with Crippen molar-refractivity contribution in [1.82, 2.24) is 19.9 Å². The molecule has 4 aromatic carbocycles. The van der Waals surface area contributed by atoms with E-state index in [2.05, 4.69) is 15.4 Å². The van der Waals surface area contributed by atoms with Gasteiger partial charge in [0.2, 0.25) is 0 Å². The van der Waals surface area contributed by atoms with Gasteiger partial charge in [-0.2, -0.15) is 5.10 Å². The van der Waals surface area contributed by atoms with Gasteiger partial charge in [-0.15, -0.1) is 0 Å². The number of halogens is 1. The van der Waals surface area contributed by atoms with Gasteiger partial charge >= 0.3 is 6.09 Å². The quantitative estimate of drug-likeness (QED) is 0.131. The molecule has 1 atom stereocenters. The lowest BCUT2D eigenvalue weighted by Gasteiger charge is -2.36. The molecule has 256 valence electrons. The van der Waals surface area contributed by atoms with Crippen LogP contribution in [0, 0.1) is 6.92 Å². The van der Waals surface area contributed by atoms with Crippen molar-refractivity contribution in [3.8, 4) is 17.0 Å². The Balaban J connectivity index is 1.16. The second-order valence-electron chi connectivity index (χ2n) is 13.1. The van der Waals surface area contributed by atoms with E-state index in [4.69, 9.17) is 14.2 Å². The lowest BCUT2D eigenvalue weighted by molar-refractivity contribution is -0.0248. The molecule has 0 aliphatic rings. The van der Waals surface area contributed by atoms with Crippen LogP contribution in [0.3, 0.4) is 0 Å². The molecule has 8 nitrogen and oxygen atoms in total. The number of aromatic nitrogens is 3. The van der Waals surface area contributed by atoms with E-state index >= 15 is 4.39 Å². The minimum Gasteiger partial charge on any atom is -0.489 e. The Hall–Kier alpha value is -5.54. The van der Waals surface area contributed by atoms with Crippen LogP contribution in [0.25, 0.3) is 16.8 Å². The fourth-order valence-corrected chi connectivity index (χ4v) is 5.95. The summed E-state index contributed by atoms with van der Waals surface area (Å²) in [6.07, 6.45) is 1.29. The van der Waals surface area contributed by atoms with Crippen molar-refractivity contribution in [2.45, 2.75) is 51.6 Å². The van der Waals surface area contributed by atoms with E-state index in [9.17, 15) is 4.79 Å². The van der Waals surface area contributed by atoms with Crippen LogP contribution in [0.5, 0.6) is 5.75 Å². The molecule has 0 aliphatic heterocycles. The zero-order valence-electron chi connectivity index (χ0n) is 28.7. The van der Waals surface area contributed by atoms with Gasteiger partial charge in [0.15, 0.2) is 6.17 Å². The SMILES string of the molecule is Cc1cc(-c2ncnn3cc(OC[C@@H](F)COC(c4ccccc4)(c4ccccc4)c4ccccc4)cc23)ccc1CNC(=O)OC(C)(C)C. The third kappa shape index (κ3) is 7.84. The molecule has 0 saturated heterocycles. The molecule has 0 saturated carbocycles. The minimum absolute atomic E-state index is 0.203. The second kappa shape index (κ2) is 14.9. The Morgan fingerprint density at radius 1 is 0.840 bits per heavy atom. The van der Waals surface area contributed by atoms with E-state index in [0.717, 1.165) is 33.4 Å². The van der Waals surface area contributed by atoms with E-state index in [1.165, 1.54) is 6.33 Å². The predicted molar refractivity (Wildman–Crippen MR) is 192 cm³/mol. The third-order valence-corrected chi connectivity index (χ3v) is 8.27. The molecule has 1 N–H and O–H groups in total. The van der Waals surface area contributed by atoms with Crippen LogP contribution >= 0.6 is 0 Å². The lowest BCUT2D eigenvalue weighted by Crippen LogP contribution is -2.36. The molecule has 9 heteroatoms. The van der Waals surface area contributed by atoms with Crippen LogP contribution in [0.2, 0.25) is 0 Å². The van der Waals surface area contributed by atoms with Gasteiger partial charge in [-0.25, -0.2) is 18.7 Å². The number of carbonyl (C=O) groups excluding carboxylic acids is 1. The molecule has 2 heterocycles. The van der Waals surface area contributed by atoms with Crippen molar-refractivity contribution in [2.75, 3.05) is 13.2 Å². The topological polar surface area (TPSA) is 87.0 Å². The normalized spacial score (nSPS) is 12.4. The molecule has 0 fully saturated rings. The number of aryl methyl sites for hydroxylation is 1. The summed E-state index contributed by atoms with van der Waals surface area (Å²) in [5.41, 5.74) is 5.33. The first-order valence-electron chi connectivity index (χ1n) is 16.6. The van der Waals surface area contributed by atoms with Crippen molar-refractivity contribution in [3.63, 3.8) is 0 Å². The van der Waals surface area contributed by atoms with E-state index in [1.54, 1.807) is 16.8 Å². The molecule has 0 unspecified atom stereocenters. The van der Waals surface area contributed by atoms with Crippen LogP contribution in [-0.2, 0) is 21.6 Å². The zero-order chi connectivity index (χ0) is 35.1. The standard InChI is InChI=1S/C41H41FN4O4/c1-29-22-30(20-21-31(29)24-43-39(47)50-40(2,3)4)38-37-23-36(25-46(37)45-28-44-38)48-26-35(42)27-49-41(32-14-8-5-9-15-32,33-16-10-6-11-17-33)34-18-12-7-13-19-34/h5-23,25,28,35H,24,26-27H2,1-4H3,(H,43,47)/t35-/m1/s1. The summed E-state index contributed by atoms with van der Waals surface area (Å²) < 4.78 is 35.3. The number of nitrogens with one attached hydrogen (secondary N) is 1. The Bertz CT molecular complexity index is 1930. The number of amides is 1. The Labute approximate surface area is 291 Å². The lowest BCUT2D eigenvalue weighted by atomic mass is 9.80. The molecule has 50 heavy (non-hydrogen) atoms. The Morgan fingerprint density at radius 2 is 1.44 bits per heavy atom. The van der Waals surface area contributed by atoms with E-state index in [1.807, 2.05) is 137 Å². The van der Waals surface area contributed by atoms with Crippen molar-refractivity contribution in [3.05, 3.63) is 156 Å². The molecular weight excluding hydrogens is 631 g/mol. The monoisotopic (exact) mass is 672 g/mol. The summed E-state index contributed by atoms with van der Waals surface area (Å²) in [6.45, 7) is 7.37. The summed E-state index contributed by atoms with van der Waals surface area (Å²) >= 11 is 0. The number of alkyl carbamates (subject to hydrolysis) is 1. The van der Waals surface area contributed by atoms with Gasteiger partial charge in [0, 0.05) is 18.2 Å². The summed E-state index contributed by atoms with van der Waals surface area (Å²) in [7, 11) is 0. The summed E-state index contributed by atoms with van der Waals surface area (Å²) in [4.78, 5) is 16.7. The van der Waals surface area contributed by atoms with E-state index in [-0.39, 0.29) is 13.2 Å². The second-order valence-corrected chi connectivity index (χ2v) is 13.1. The number of rotatable bonds is 12. The highest BCUT2D eigenvalue weighted by Gasteiger charge is 2.38. The van der Waals surface area contributed by atoms with E-state index < -0.39 is 23.5 Å². The summed E-state index contributed by atoms with van der Waals surface area (Å²) in [5, 5.41) is 7.15. The maximum Gasteiger partial charge on any atom is 0.407 e. The smallest absolute Gasteiger partial charge is 0.407 e. The van der Waals surface area contributed by atoms with Crippen LogP contribution in [0.1, 0.15) is 48.6 Å². The Kier molecular flexibility index (Phi) is 10.2. The van der Waals surface area contributed by atoms with Crippen molar-refractivity contribution in [1.29, 1.82) is 0 Å². The first-order valence-corrected chi connectivity index (χ1v) is 16.6. The molecule has 0 bridgehead atoms. The average molecular weight is 673 g/mol. The first kappa shape index (κ1) is 34.3. The average Bonchev–Trinajstić information content (AvgIpc) is 3.55. The number of alkyl halides is 1. The molecule has 0 radical (unpaired) electrons. The van der Waals surface area contributed by atoms with Gasteiger partial charge in [-0.3, -0.25) is 0 Å².